The number of benzene rings is 1. The number of imidazole rings is 1. The van der Waals surface area contributed by atoms with E-state index >= 15 is 0 Å². The minimum absolute atomic E-state index is 0.0667. The van der Waals surface area contributed by atoms with Gasteiger partial charge in [0.25, 0.3) is 0 Å². The fraction of sp³-hybridized carbons (Fsp3) is 0.312. The zero-order chi connectivity index (χ0) is 15.5. The molecule has 2 aromatic heterocycles. The molecule has 0 saturated heterocycles. The highest BCUT2D eigenvalue weighted by Gasteiger charge is 2.15. The van der Waals surface area contributed by atoms with E-state index in [1.165, 1.54) is 4.88 Å². The summed E-state index contributed by atoms with van der Waals surface area (Å²) >= 11 is 1.70. The quantitative estimate of drug-likeness (QED) is 0.759. The van der Waals surface area contributed by atoms with Gasteiger partial charge in [-0.3, -0.25) is 0 Å². The third-order valence-corrected chi connectivity index (χ3v) is 4.45. The topological polar surface area (TPSA) is 56.5 Å². The number of hydrogen-bond acceptors (Lipinski definition) is 5. The van der Waals surface area contributed by atoms with Crippen LogP contribution in [0.2, 0.25) is 0 Å². The molecule has 0 atom stereocenters. The smallest absolute Gasteiger partial charge is 0.163 e. The number of fused-ring (bicyclic) bond motifs is 1. The Kier molecular flexibility index (Phi) is 4.31. The van der Waals surface area contributed by atoms with Crippen LogP contribution in [0.1, 0.15) is 10.7 Å². The molecular weight excluding hydrogens is 300 g/mol. The first kappa shape index (κ1) is 14.9. The number of rotatable bonds is 6. The molecule has 6 heteroatoms. The molecule has 0 spiro atoms. The van der Waals surface area contributed by atoms with Crippen molar-refractivity contribution in [3.63, 3.8) is 0 Å². The van der Waals surface area contributed by atoms with Gasteiger partial charge < -0.3 is 19.1 Å². The summed E-state index contributed by atoms with van der Waals surface area (Å²) in [7, 11) is 3.23. The molecule has 2 heterocycles. The molecule has 1 N–H and O–H groups in total. The number of aromatic nitrogens is 2. The Hall–Kier alpha value is -2.05. The summed E-state index contributed by atoms with van der Waals surface area (Å²) in [6.45, 7) is 0.573. The number of thiophene rings is 1. The van der Waals surface area contributed by atoms with E-state index in [1.807, 2.05) is 22.8 Å². The second-order valence-electron chi connectivity index (χ2n) is 4.86. The van der Waals surface area contributed by atoms with Gasteiger partial charge in [-0.15, -0.1) is 11.3 Å². The minimum atomic E-state index is 0.0667. The second-order valence-corrected chi connectivity index (χ2v) is 5.89. The Morgan fingerprint density at radius 2 is 2.00 bits per heavy atom. The number of hydrogen-bond donors (Lipinski definition) is 1. The highest BCUT2D eigenvalue weighted by Crippen LogP contribution is 2.33. The van der Waals surface area contributed by atoms with E-state index in [2.05, 4.69) is 11.4 Å². The van der Waals surface area contributed by atoms with Crippen molar-refractivity contribution >= 4 is 22.4 Å². The molecule has 3 rings (SSSR count). The second kappa shape index (κ2) is 6.37. The van der Waals surface area contributed by atoms with E-state index < -0.39 is 0 Å². The molecule has 0 aliphatic carbocycles. The monoisotopic (exact) mass is 318 g/mol. The molecule has 3 aromatic rings. The van der Waals surface area contributed by atoms with Gasteiger partial charge >= 0.3 is 0 Å². The SMILES string of the molecule is COc1cc2nc(Cc3cccs3)n(CCO)c2cc1OC. The van der Waals surface area contributed by atoms with Crippen molar-refractivity contribution in [2.75, 3.05) is 20.8 Å². The predicted molar refractivity (Wildman–Crippen MR) is 87.0 cm³/mol. The first-order valence-corrected chi connectivity index (χ1v) is 7.89. The van der Waals surface area contributed by atoms with E-state index in [-0.39, 0.29) is 6.61 Å². The number of methoxy groups -OCH3 is 2. The van der Waals surface area contributed by atoms with Crippen LogP contribution in [0, 0.1) is 0 Å². The van der Waals surface area contributed by atoms with Gasteiger partial charge in [-0.25, -0.2) is 4.98 Å². The van der Waals surface area contributed by atoms with Gasteiger partial charge in [0.05, 0.1) is 31.9 Å². The van der Waals surface area contributed by atoms with E-state index in [0.29, 0.717) is 18.0 Å². The zero-order valence-corrected chi connectivity index (χ0v) is 13.4. The van der Waals surface area contributed by atoms with Gasteiger partial charge in [0.15, 0.2) is 11.5 Å². The number of aliphatic hydroxyl groups excluding tert-OH is 1. The zero-order valence-electron chi connectivity index (χ0n) is 12.6. The standard InChI is InChI=1S/C16H18N2O3S/c1-20-14-9-12-13(10-15(14)21-2)18(5-6-19)16(17-12)8-11-4-3-7-22-11/h3-4,7,9-10,19H,5-6,8H2,1-2H3. The Balaban J connectivity index is 2.12. The van der Waals surface area contributed by atoms with Crippen LogP contribution in [0.25, 0.3) is 11.0 Å². The molecule has 0 aliphatic rings. The minimum Gasteiger partial charge on any atom is -0.493 e. The third-order valence-electron chi connectivity index (χ3n) is 3.57. The summed E-state index contributed by atoms with van der Waals surface area (Å²) < 4.78 is 12.7. The van der Waals surface area contributed by atoms with Gasteiger partial charge in [-0.1, -0.05) is 6.07 Å². The van der Waals surface area contributed by atoms with Crippen molar-refractivity contribution in [2.24, 2.45) is 0 Å². The van der Waals surface area contributed by atoms with Crippen molar-refractivity contribution in [1.29, 1.82) is 0 Å². The molecule has 0 unspecified atom stereocenters. The summed E-state index contributed by atoms with van der Waals surface area (Å²) in [5, 5.41) is 11.4. The van der Waals surface area contributed by atoms with E-state index in [4.69, 9.17) is 14.5 Å². The van der Waals surface area contributed by atoms with Crippen LogP contribution in [0.3, 0.4) is 0 Å². The average Bonchev–Trinajstić information content (AvgIpc) is 3.15. The molecule has 22 heavy (non-hydrogen) atoms. The summed E-state index contributed by atoms with van der Waals surface area (Å²) in [6.07, 6.45) is 0.747. The van der Waals surface area contributed by atoms with Crippen LogP contribution in [0.5, 0.6) is 11.5 Å². The first-order valence-electron chi connectivity index (χ1n) is 7.01. The van der Waals surface area contributed by atoms with Crippen molar-refractivity contribution in [3.05, 3.63) is 40.3 Å². The van der Waals surface area contributed by atoms with Crippen LogP contribution in [-0.2, 0) is 13.0 Å². The van der Waals surface area contributed by atoms with Crippen LogP contribution in [-0.4, -0.2) is 35.5 Å². The van der Waals surface area contributed by atoms with Gasteiger partial charge in [-0.2, -0.15) is 0 Å². The van der Waals surface area contributed by atoms with Crippen molar-refractivity contribution < 1.29 is 14.6 Å². The summed E-state index contributed by atoms with van der Waals surface area (Å²) in [4.78, 5) is 5.96. The Morgan fingerprint density at radius 1 is 1.23 bits per heavy atom. The molecular formula is C16H18N2O3S. The Morgan fingerprint density at radius 3 is 2.64 bits per heavy atom. The largest absolute Gasteiger partial charge is 0.493 e. The Labute approximate surface area is 132 Å². The summed E-state index contributed by atoms with van der Waals surface area (Å²) in [5.41, 5.74) is 1.79. The lowest BCUT2D eigenvalue weighted by molar-refractivity contribution is 0.276. The number of ether oxygens (including phenoxy) is 2. The lowest BCUT2D eigenvalue weighted by atomic mass is 10.2. The Bertz CT molecular complexity index is 765. The van der Waals surface area contributed by atoms with Crippen LogP contribution in [0.4, 0.5) is 0 Å². The maximum absolute atomic E-state index is 9.37. The normalized spacial score (nSPS) is 11.0. The maximum Gasteiger partial charge on any atom is 0.163 e. The number of aliphatic hydroxyl groups is 1. The van der Waals surface area contributed by atoms with Crippen molar-refractivity contribution in [2.45, 2.75) is 13.0 Å². The molecule has 1 aromatic carbocycles. The van der Waals surface area contributed by atoms with Crippen molar-refractivity contribution in [3.8, 4) is 11.5 Å². The lowest BCUT2D eigenvalue weighted by Crippen LogP contribution is -2.07. The fourth-order valence-corrected chi connectivity index (χ4v) is 3.26. The molecule has 0 saturated carbocycles. The fourth-order valence-electron chi connectivity index (χ4n) is 2.56. The highest BCUT2D eigenvalue weighted by atomic mass is 32.1. The van der Waals surface area contributed by atoms with Gasteiger partial charge in [0.2, 0.25) is 0 Å². The lowest BCUT2D eigenvalue weighted by Gasteiger charge is -2.09. The molecule has 0 aliphatic heterocycles. The van der Waals surface area contributed by atoms with Crippen LogP contribution in [0.15, 0.2) is 29.6 Å². The van der Waals surface area contributed by atoms with Gasteiger partial charge in [0.1, 0.15) is 5.82 Å². The maximum atomic E-state index is 9.37. The van der Waals surface area contributed by atoms with Crippen molar-refractivity contribution in [1.82, 2.24) is 9.55 Å². The summed E-state index contributed by atoms with van der Waals surface area (Å²) in [5.74, 6) is 2.25. The molecule has 0 amide bonds. The predicted octanol–water partition coefficient (Wildman–Crippen LogP) is 2.70. The van der Waals surface area contributed by atoms with E-state index in [9.17, 15) is 5.11 Å². The average molecular weight is 318 g/mol. The van der Waals surface area contributed by atoms with Gasteiger partial charge in [-0.05, 0) is 11.4 Å². The molecule has 116 valence electrons. The summed E-state index contributed by atoms with van der Waals surface area (Å²) in [6, 6.07) is 7.91. The third kappa shape index (κ3) is 2.67. The van der Waals surface area contributed by atoms with E-state index in [1.54, 1.807) is 25.6 Å². The first-order chi connectivity index (χ1) is 10.8. The van der Waals surface area contributed by atoms with Crippen LogP contribution >= 0.6 is 11.3 Å². The van der Waals surface area contributed by atoms with Crippen LogP contribution < -0.4 is 9.47 Å². The molecule has 0 bridgehead atoms. The molecule has 0 fully saturated rings. The number of nitrogens with zero attached hydrogens (tertiary/aromatic N) is 2. The molecule has 5 nitrogen and oxygen atoms in total. The highest BCUT2D eigenvalue weighted by molar-refractivity contribution is 7.09. The van der Waals surface area contributed by atoms with E-state index in [0.717, 1.165) is 23.3 Å². The molecule has 0 radical (unpaired) electrons. The van der Waals surface area contributed by atoms with Gasteiger partial charge in [0, 0.05) is 30.0 Å².